The number of benzene rings is 1. The number of hydrogen-bond donors (Lipinski definition) is 2. The molecule has 0 aliphatic carbocycles. The van der Waals surface area contributed by atoms with E-state index in [1.54, 1.807) is 18.2 Å². The highest BCUT2D eigenvalue weighted by Crippen LogP contribution is 2.26. The lowest BCUT2D eigenvalue weighted by atomic mass is 10.1. The molecule has 0 saturated carbocycles. The molecular weight excluding hydrogens is 398 g/mol. The molecule has 2 unspecified atom stereocenters. The number of amides is 2. The summed E-state index contributed by atoms with van der Waals surface area (Å²) in [4.78, 5) is 39.2. The van der Waals surface area contributed by atoms with Crippen LogP contribution in [0.5, 0.6) is 0 Å². The number of nitrogens with one attached hydrogen (secondary N) is 1. The van der Waals surface area contributed by atoms with Crippen molar-refractivity contribution in [1.82, 2.24) is 5.32 Å². The Labute approximate surface area is 180 Å². The maximum Gasteiger partial charge on any atom is 0.414 e. The van der Waals surface area contributed by atoms with Gasteiger partial charge in [0.15, 0.2) is 0 Å². The van der Waals surface area contributed by atoms with Crippen molar-refractivity contribution in [1.29, 1.82) is 0 Å². The summed E-state index contributed by atoms with van der Waals surface area (Å²) in [5.41, 5.74) is 3.00. The quantitative estimate of drug-likeness (QED) is 0.760. The monoisotopic (exact) mass is 423 g/mol. The number of rotatable bonds is 5. The minimum Gasteiger partial charge on any atom is -0.442 e. The molecular formula is C23H25N3O5. The zero-order valence-corrected chi connectivity index (χ0v) is 17.3. The van der Waals surface area contributed by atoms with E-state index >= 15 is 0 Å². The third kappa shape index (κ3) is 4.69. The lowest BCUT2D eigenvalue weighted by molar-refractivity contribution is -0.119. The number of cyclic esters (lactones) is 1. The van der Waals surface area contributed by atoms with Crippen molar-refractivity contribution < 1.29 is 19.4 Å². The highest BCUT2D eigenvalue weighted by atomic mass is 16.6. The summed E-state index contributed by atoms with van der Waals surface area (Å²) in [5.74, 6) is -0.166. The van der Waals surface area contributed by atoms with E-state index in [2.05, 4.69) is 5.32 Å². The van der Waals surface area contributed by atoms with Gasteiger partial charge in [0.05, 0.1) is 24.9 Å². The Balaban J connectivity index is 1.49. The van der Waals surface area contributed by atoms with Gasteiger partial charge in [-0.1, -0.05) is 24.3 Å². The number of ether oxygens (including phenoxy) is 1. The molecule has 2 aliphatic rings. The van der Waals surface area contributed by atoms with Gasteiger partial charge in [-0.15, -0.1) is 0 Å². The van der Waals surface area contributed by atoms with Gasteiger partial charge in [-0.25, -0.2) is 4.79 Å². The molecule has 2 saturated heterocycles. The summed E-state index contributed by atoms with van der Waals surface area (Å²) in [5, 5.41) is 12.4. The van der Waals surface area contributed by atoms with Gasteiger partial charge in [0, 0.05) is 25.7 Å². The molecule has 2 aromatic rings. The first-order valence-corrected chi connectivity index (χ1v) is 10.3. The van der Waals surface area contributed by atoms with Gasteiger partial charge in [-0.2, -0.15) is 0 Å². The smallest absolute Gasteiger partial charge is 0.414 e. The molecule has 162 valence electrons. The zero-order valence-electron chi connectivity index (χ0n) is 17.3. The summed E-state index contributed by atoms with van der Waals surface area (Å²) in [7, 11) is 0. The molecule has 2 fully saturated rings. The van der Waals surface area contributed by atoms with Crippen molar-refractivity contribution in [3.63, 3.8) is 0 Å². The van der Waals surface area contributed by atoms with Crippen LogP contribution in [0, 0.1) is 0 Å². The number of nitrogens with zero attached hydrogens (tertiary/aromatic N) is 2. The fourth-order valence-electron chi connectivity index (χ4n) is 3.90. The van der Waals surface area contributed by atoms with E-state index in [4.69, 9.17) is 4.74 Å². The van der Waals surface area contributed by atoms with Gasteiger partial charge in [0.25, 0.3) is 0 Å². The number of hydrogen-bond acceptors (Lipinski definition) is 6. The average molecular weight is 423 g/mol. The summed E-state index contributed by atoms with van der Waals surface area (Å²) in [6.07, 6.45) is -0.561. The second kappa shape index (κ2) is 8.77. The minimum absolute atomic E-state index is 0.0815. The molecule has 2 aliphatic heterocycles. The van der Waals surface area contributed by atoms with E-state index in [1.165, 1.54) is 11.8 Å². The molecule has 8 nitrogen and oxygen atoms in total. The van der Waals surface area contributed by atoms with Crippen molar-refractivity contribution in [2.75, 3.05) is 36.0 Å². The Morgan fingerprint density at radius 2 is 1.74 bits per heavy atom. The minimum atomic E-state index is -0.442. The number of carbonyl (C=O) groups excluding carboxylic acids is 2. The van der Waals surface area contributed by atoms with Gasteiger partial charge >= 0.3 is 6.09 Å². The van der Waals surface area contributed by atoms with Crippen LogP contribution in [0.3, 0.4) is 0 Å². The number of aliphatic hydroxyl groups excluding tert-OH is 1. The number of anilines is 2. The van der Waals surface area contributed by atoms with Gasteiger partial charge in [-0.3, -0.25) is 14.5 Å². The molecule has 2 heterocycles. The summed E-state index contributed by atoms with van der Waals surface area (Å²) < 4.78 is 5.30. The summed E-state index contributed by atoms with van der Waals surface area (Å²) >= 11 is 0. The van der Waals surface area contributed by atoms with Gasteiger partial charge in [0.2, 0.25) is 11.3 Å². The van der Waals surface area contributed by atoms with Crippen molar-refractivity contribution >= 4 is 23.4 Å². The lowest BCUT2D eigenvalue weighted by Crippen LogP contribution is -2.33. The Kier molecular flexibility index (Phi) is 5.90. The van der Waals surface area contributed by atoms with Crippen LogP contribution in [0.15, 0.2) is 53.3 Å². The molecule has 0 spiro atoms. The van der Waals surface area contributed by atoms with Crippen LogP contribution in [0.25, 0.3) is 11.1 Å². The highest BCUT2D eigenvalue weighted by molar-refractivity contribution is 5.90. The SMILES string of the molecule is CC(=O)NCC1CN(c2ccc(-c3ccc(N4CCC(O)C4)c(=O)cc3)cc2)C(=O)O1. The van der Waals surface area contributed by atoms with Crippen LogP contribution in [-0.2, 0) is 9.53 Å². The van der Waals surface area contributed by atoms with Crippen molar-refractivity contribution in [3.8, 4) is 11.1 Å². The standard InChI is InChI=1S/C23H25N3O5/c1-15(27)24-12-20-14-26(23(30)31-20)18-6-2-16(3-7-18)17-4-8-21(22(29)9-5-17)25-11-10-19(28)13-25/h2-9,19-20,28H,10-14H2,1H3,(H,24,27). The fraction of sp³-hybridized carbons (Fsp3) is 0.348. The zero-order chi connectivity index (χ0) is 22.0. The van der Waals surface area contributed by atoms with Crippen LogP contribution in [0.1, 0.15) is 13.3 Å². The van der Waals surface area contributed by atoms with Crippen LogP contribution in [-0.4, -0.2) is 55.5 Å². The molecule has 2 N–H and O–H groups in total. The van der Waals surface area contributed by atoms with Crippen molar-refractivity contribution in [2.45, 2.75) is 25.6 Å². The van der Waals surface area contributed by atoms with Crippen LogP contribution < -0.4 is 20.5 Å². The maximum absolute atomic E-state index is 12.5. The molecule has 2 atom stereocenters. The first kappa shape index (κ1) is 20.9. The second-order valence-corrected chi connectivity index (χ2v) is 7.86. The van der Waals surface area contributed by atoms with Crippen LogP contribution in [0.2, 0.25) is 0 Å². The Bertz CT molecular complexity index is 1040. The number of β-amino-alcohol motifs (C(OH)–C–C–N with tert-alkyl or cyclic N) is 1. The second-order valence-electron chi connectivity index (χ2n) is 7.86. The fourth-order valence-corrected chi connectivity index (χ4v) is 3.90. The average Bonchev–Trinajstić information content (AvgIpc) is 3.28. The Morgan fingerprint density at radius 3 is 2.39 bits per heavy atom. The van der Waals surface area contributed by atoms with E-state index in [-0.39, 0.29) is 24.0 Å². The molecule has 4 rings (SSSR count). The number of carbonyl (C=O) groups is 2. The molecule has 0 bridgehead atoms. The molecule has 2 aromatic carbocycles. The van der Waals surface area contributed by atoms with Gasteiger partial charge in [0.1, 0.15) is 6.10 Å². The van der Waals surface area contributed by atoms with Crippen LogP contribution >= 0.6 is 0 Å². The third-order valence-corrected chi connectivity index (χ3v) is 5.56. The normalized spacial score (nSPS) is 20.6. The molecule has 0 radical (unpaired) electrons. The first-order chi connectivity index (χ1) is 14.9. The van der Waals surface area contributed by atoms with Crippen molar-refractivity contribution in [3.05, 3.63) is 58.8 Å². The molecule has 31 heavy (non-hydrogen) atoms. The Morgan fingerprint density at radius 1 is 1.06 bits per heavy atom. The summed E-state index contributed by atoms with van der Waals surface area (Å²) in [6.45, 7) is 3.20. The summed E-state index contributed by atoms with van der Waals surface area (Å²) in [6, 6.07) is 14.5. The third-order valence-electron chi connectivity index (χ3n) is 5.56. The van der Waals surface area contributed by atoms with Crippen LogP contribution in [0.4, 0.5) is 16.2 Å². The topological polar surface area (TPSA) is 99.2 Å². The predicted molar refractivity (Wildman–Crippen MR) is 117 cm³/mol. The molecule has 8 heteroatoms. The van der Waals surface area contributed by atoms with E-state index < -0.39 is 12.2 Å². The van der Waals surface area contributed by atoms with E-state index in [1.807, 2.05) is 35.2 Å². The largest absolute Gasteiger partial charge is 0.442 e. The van der Waals surface area contributed by atoms with E-state index in [9.17, 15) is 19.5 Å². The first-order valence-electron chi connectivity index (χ1n) is 10.3. The number of aliphatic hydroxyl groups is 1. The predicted octanol–water partition coefficient (Wildman–Crippen LogP) is 1.75. The highest BCUT2D eigenvalue weighted by Gasteiger charge is 2.32. The molecule has 2 amide bonds. The van der Waals surface area contributed by atoms with Gasteiger partial charge in [-0.05, 0) is 41.8 Å². The maximum atomic E-state index is 12.5. The lowest BCUT2D eigenvalue weighted by Gasteiger charge is -2.15. The van der Waals surface area contributed by atoms with E-state index in [0.29, 0.717) is 37.4 Å². The molecule has 0 aromatic heterocycles. The van der Waals surface area contributed by atoms with Crippen molar-refractivity contribution in [2.24, 2.45) is 0 Å². The Hall–Kier alpha value is -3.39. The van der Waals surface area contributed by atoms with E-state index in [0.717, 1.165) is 11.1 Å². The van der Waals surface area contributed by atoms with Gasteiger partial charge < -0.3 is 20.1 Å².